The largest absolute Gasteiger partial charge is 0.379 e. The van der Waals surface area contributed by atoms with Crippen LogP contribution in [0.3, 0.4) is 0 Å². The second kappa shape index (κ2) is 5.05. The molecule has 2 aromatic heterocycles. The minimum atomic E-state index is -0.263. The van der Waals surface area contributed by atoms with Gasteiger partial charge in [-0.2, -0.15) is 0 Å². The van der Waals surface area contributed by atoms with Crippen LogP contribution in [-0.4, -0.2) is 28.0 Å². The fourth-order valence-corrected chi connectivity index (χ4v) is 4.06. The number of thiophene rings is 1. The van der Waals surface area contributed by atoms with E-state index in [-0.39, 0.29) is 5.82 Å². The van der Waals surface area contributed by atoms with Crippen LogP contribution in [0, 0.1) is 5.82 Å². The van der Waals surface area contributed by atoms with E-state index in [0.29, 0.717) is 24.8 Å². The Morgan fingerprint density at radius 2 is 2.19 bits per heavy atom. The van der Waals surface area contributed by atoms with E-state index in [0.717, 1.165) is 33.0 Å². The molecule has 0 amide bonds. The lowest BCUT2D eigenvalue weighted by Gasteiger charge is -2.04. The van der Waals surface area contributed by atoms with Crippen molar-refractivity contribution >= 4 is 33.0 Å². The first-order valence-corrected chi connectivity index (χ1v) is 7.81. The summed E-state index contributed by atoms with van der Waals surface area (Å²) < 4.78 is 21.7. The lowest BCUT2D eigenvalue weighted by molar-refractivity contribution is 0.140. The molecular weight excluding hydrogens is 313 g/mol. The van der Waals surface area contributed by atoms with E-state index in [1.807, 2.05) is 4.57 Å². The van der Waals surface area contributed by atoms with Gasteiger partial charge in [-0.25, -0.2) is 4.39 Å². The highest BCUT2D eigenvalue weighted by atomic mass is 35.5. The molecule has 3 heterocycles. The maximum Gasteiger partial charge on any atom is 0.175 e. The molecule has 0 radical (unpaired) electrons. The van der Waals surface area contributed by atoms with Crippen molar-refractivity contribution in [3.8, 4) is 10.7 Å². The van der Waals surface area contributed by atoms with E-state index in [1.165, 1.54) is 23.5 Å². The van der Waals surface area contributed by atoms with Gasteiger partial charge < -0.3 is 9.30 Å². The van der Waals surface area contributed by atoms with Gasteiger partial charge in [0.15, 0.2) is 5.82 Å². The van der Waals surface area contributed by atoms with E-state index >= 15 is 0 Å². The van der Waals surface area contributed by atoms with Gasteiger partial charge in [0.1, 0.15) is 11.6 Å². The lowest BCUT2D eigenvalue weighted by Crippen LogP contribution is -2.05. The standard InChI is InChI=1S/C14H11ClFN3OS/c15-12-9-2-1-8(16)7-10(9)21-13(12)14-18-17-11-3-5-20-6-4-19(11)14/h1-2,7H,3-6H2. The Morgan fingerprint density at radius 1 is 1.29 bits per heavy atom. The molecule has 0 spiro atoms. The molecular formula is C14H11ClFN3OS. The summed E-state index contributed by atoms with van der Waals surface area (Å²) >= 11 is 7.90. The number of aromatic nitrogens is 3. The lowest BCUT2D eigenvalue weighted by atomic mass is 10.2. The van der Waals surface area contributed by atoms with Crippen molar-refractivity contribution in [2.24, 2.45) is 0 Å². The van der Waals surface area contributed by atoms with Gasteiger partial charge >= 0.3 is 0 Å². The van der Waals surface area contributed by atoms with E-state index < -0.39 is 0 Å². The third-order valence-corrected chi connectivity index (χ3v) is 5.20. The molecule has 3 aromatic rings. The van der Waals surface area contributed by atoms with E-state index in [2.05, 4.69) is 10.2 Å². The minimum absolute atomic E-state index is 0.263. The Morgan fingerprint density at radius 3 is 3.10 bits per heavy atom. The van der Waals surface area contributed by atoms with Gasteiger partial charge in [0.2, 0.25) is 0 Å². The van der Waals surface area contributed by atoms with Crippen LogP contribution in [0.15, 0.2) is 18.2 Å². The van der Waals surface area contributed by atoms with Gasteiger partial charge in [0.25, 0.3) is 0 Å². The van der Waals surface area contributed by atoms with Crippen LogP contribution in [0.2, 0.25) is 5.02 Å². The molecule has 0 N–H and O–H groups in total. The van der Waals surface area contributed by atoms with E-state index in [9.17, 15) is 4.39 Å². The monoisotopic (exact) mass is 323 g/mol. The summed E-state index contributed by atoms with van der Waals surface area (Å²) in [4.78, 5) is 0.831. The topological polar surface area (TPSA) is 39.9 Å². The van der Waals surface area contributed by atoms with Crippen molar-refractivity contribution in [1.82, 2.24) is 14.8 Å². The molecule has 0 aliphatic carbocycles. The molecule has 0 bridgehead atoms. The number of benzene rings is 1. The number of hydrogen-bond acceptors (Lipinski definition) is 4. The van der Waals surface area contributed by atoms with Crippen molar-refractivity contribution in [3.05, 3.63) is 34.9 Å². The fourth-order valence-electron chi connectivity index (χ4n) is 2.53. The molecule has 7 heteroatoms. The summed E-state index contributed by atoms with van der Waals surface area (Å²) in [6.45, 7) is 2.00. The Hall–Kier alpha value is -1.50. The van der Waals surface area contributed by atoms with Crippen LogP contribution in [0.4, 0.5) is 4.39 Å². The van der Waals surface area contributed by atoms with Crippen molar-refractivity contribution < 1.29 is 9.13 Å². The molecule has 0 saturated heterocycles. The van der Waals surface area contributed by atoms with E-state index in [1.54, 1.807) is 6.07 Å². The molecule has 1 aliphatic heterocycles. The average molecular weight is 324 g/mol. The first-order chi connectivity index (χ1) is 10.2. The second-order valence-electron chi connectivity index (χ2n) is 4.84. The highest BCUT2D eigenvalue weighted by Gasteiger charge is 2.21. The molecule has 21 heavy (non-hydrogen) atoms. The van der Waals surface area contributed by atoms with Crippen molar-refractivity contribution in [2.75, 3.05) is 13.2 Å². The van der Waals surface area contributed by atoms with Crippen LogP contribution in [0.25, 0.3) is 20.8 Å². The molecule has 0 atom stereocenters. The van der Waals surface area contributed by atoms with Gasteiger partial charge in [-0.05, 0) is 18.2 Å². The predicted octanol–water partition coefficient (Wildman–Crippen LogP) is 3.53. The highest BCUT2D eigenvalue weighted by molar-refractivity contribution is 7.23. The maximum atomic E-state index is 13.4. The highest BCUT2D eigenvalue weighted by Crippen LogP contribution is 2.41. The number of halogens is 2. The molecule has 108 valence electrons. The summed E-state index contributed by atoms with van der Waals surface area (Å²) in [6.07, 6.45) is 0.740. The normalized spacial score (nSPS) is 15.1. The number of nitrogens with zero attached hydrogens (tertiary/aromatic N) is 3. The zero-order valence-corrected chi connectivity index (χ0v) is 12.5. The number of ether oxygens (including phenoxy) is 1. The van der Waals surface area contributed by atoms with Gasteiger partial charge in [-0.1, -0.05) is 11.6 Å². The molecule has 1 aliphatic rings. The second-order valence-corrected chi connectivity index (χ2v) is 6.27. The third-order valence-electron chi connectivity index (χ3n) is 3.55. The zero-order valence-electron chi connectivity index (χ0n) is 11.0. The number of hydrogen-bond donors (Lipinski definition) is 0. The van der Waals surface area contributed by atoms with Gasteiger partial charge in [-0.3, -0.25) is 0 Å². The van der Waals surface area contributed by atoms with E-state index in [4.69, 9.17) is 16.3 Å². The first kappa shape index (κ1) is 13.2. The maximum absolute atomic E-state index is 13.4. The van der Waals surface area contributed by atoms with Gasteiger partial charge in [0.05, 0.1) is 23.1 Å². The number of fused-ring (bicyclic) bond motifs is 2. The SMILES string of the molecule is Fc1ccc2c(Cl)c(-c3nnc4n3CCOCC4)sc2c1. The summed E-state index contributed by atoms with van der Waals surface area (Å²) in [5, 5.41) is 9.96. The quantitative estimate of drug-likeness (QED) is 0.688. The zero-order chi connectivity index (χ0) is 14.4. The van der Waals surface area contributed by atoms with Crippen molar-refractivity contribution in [2.45, 2.75) is 13.0 Å². The Bertz CT molecular complexity index is 829. The smallest absolute Gasteiger partial charge is 0.175 e. The summed E-state index contributed by atoms with van der Waals surface area (Å²) in [5.74, 6) is 1.38. The van der Waals surface area contributed by atoms with Crippen LogP contribution in [-0.2, 0) is 17.7 Å². The molecule has 0 saturated carbocycles. The average Bonchev–Trinajstić information content (AvgIpc) is 2.91. The van der Waals surface area contributed by atoms with Crippen LogP contribution >= 0.6 is 22.9 Å². The summed E-state index contributed by atoms with van der Waals surface area (Å²) in [6, 6.07) is 4.62. The summed E-state index contributed by atoms with van der Waals surface area (Å²) in [5.41, 5.74) is 0. The van der Waals surface area contributed by atoms with Gasteiger partial charge in [0, 0.05) is 23.1 Å². The van der Waals surface area contributed by atoms with Crippen LogP contribution < -0.4 is 0 Å². The Balaban J connectivity index is 1.91. The number of rotatable bonds is 1. The predicted molar refractivity (Wildman–Crippen MR) is 80.3 cm³/mol. The summed E-state index contributed by atoms with van der Waals surface area (Å²) in [7, 11) is 0. The Labute approximate surface area is 129 Å². The first-order valence-electron chi connectivity index (χ1n) is 6.62. The molecule has 0 unspecified atom stereocenters. The molecule has 1 aromatic carbocycles. The minimum Gasteiger partial charge on any atom is -0.379 e. The molecule has 4 nitrogen and oxygen atoms in total. The van der Waals surface area contributed by atoms with Crippen LogP contribution in [0.1, 0.15) is 5.82 Å². The molecule has 4 rings (SSSR count). The van der Waals surface area contributed by atoms with Crippen molar-refractivity contribution in [1.29, 1.82) is 0 Å². The fraction of sp³-hybridized carbons (Fsp3) is 0.286. The van der Waals surface area contributed by atoms with Gasteiger partial charge in [-0.15, -0.1) is 21.5 Å². The van der Waals surface area contributed by atoms with Crippen LogP contribution in [0.5, 0.6) is 0 Å². The molecule has 0 fully saturated rings. The third kappa shape index (κ3) is 2.14. The Kier molecular flexibility index (Phi) is 3.17. The van der Waals surface area contributed by atoms with Crippen molar-refractivity contribution in [3.63, 3.8) is 0 Å².